The van der Waals surface area contributed by atoms with Crippen LogP contribution >= 0.6 is 0 Å². The maximum absolute atomic E-state index is 12.6. The number of carbonyl (C=O) groups is 1. The average molecular weight is 284 g/mol. The number of nitrogens with zero attached hydrogens (tertiary/aromatic N) is 4. The van der Waals surface area contributed by atoms with Crippen molar-refractivity contribution in [3.05, 3.63) is 42.4 Å². The Kier molecular flexibility index (Phi) is 3.43. The minimum Gasteiger partial charge on any atom is -0.481 e. The van der Waals surface area contributed by atoms with E-state index in [1.54, 1.807) is 47.6 Å². The van der Waals surface area contributed by atoms with E-state index in [2.05, 4.69) is 9.97 Å². The quantitative estimate of drug-likeness (QED) is 0.867. The van der Waals surface area contributed by atoms with Crippen LogP contribution in [0.4, 0.5) is 16.2 Å². The van der Waals surface area contributed by atoms with Gasteiger partial charge in [0.2, 0.25) is 5.88 Å². The van der Waals surface area contributed by atoms with Gasteiger partial charge in [-0.3, -0.25) is 14.8 Å². The minimum absolute atomic E-state index is 0.0562. The number of aromatic nitrogens is 2. The number of ether oxygens (including phenoxy) is 1. The first-order valence-corrected chi connectivity index (χ1v) is 6.70. The van der Waals surface area contributed by atoms with Crippen LogP contribution in [0, 0.1) is 6.92 Å². The zero-order valence-corrected chi connectivity index (χ0v) is 12.0. The Morgan fingerprint density at radius 2 is 2.00 bits per heavy atom. The summed E-state index contributed by atoms with van der Waals surface area (Å²) < 4.78 is 5.11. The van der Waals surface area contributed by atoms with Crippen molar-refractivity contribution >= 4 is 17.4 Å². The molecule has 3 heterocycles. The number of anilines is 2. The van der Waals surface area contributed by atoms with E-state index in [-0.39, 0.29) is 6.03 Å². The van der Waals surface area contributed by atoms with Gasteiger partial charge >= 0.3 is 6.03 Å². The summed E-state index contributed by atoms with van der Waals surface area (Å²) in [5.41, 5.74) is 2.68. The highest BCUT2D eigenvalue weighted by Gasteiger charge is 2.31. The lowest BCUT2D eigenvalue weighted by Gasteiger charge is -2.20. The van der Waals surface area contributed by atoms with Gasteiger partial charge in [-0.2, -0.15) is 0 Å². The predicted octanol–water partition coefficient (Wildman–Crippen LogP) is 2.24. The molecule has 0 radical (unpaired) electrons. The molecule has 3 rings (SSSR count). The van der Waals surface area contributed by atoms with Crippen LogP contribution in [0.15, 0.2) is 36.8 Å². The molecule has 1 fully saturated rings. The number of aryl methyl sites for hydroxylation is 1. The highest BCUT2D eigenvalue weighted by molar-refractivity contribution is 6.06. The van der Waals surface area contributed by atoms with Crippen LogP contribution in [-0.2, 0) is 0 Å². The molecule has 0 spiro atoms. The van der Waals surface area contributed by atoms with Crippen molar-refractivity contribution in [1.29, 1.82) is 0 Å². The Morgan fingerprint density at radius 1 is 1.19 bits per heavy atom. The van der Waals surface area contributed by atoms with Gasteiger partial charge < -0.3 is 4.74 Å². The standard InChI is InChI=1S/C15H16N4O2/c1-11-3-5-16-10-13(11)19-8-7-18(15(19)20)12-4-6-17-14(9-12)21-2/h3-6,9-10H,7-8H2,1-2H3. The number of urea groups is 1. The van der Waals surface area contributed by atoms with Gasteiger partial charge in [0.25, 0.3) is 0 Å². The van der Waals surface area contributed by atoms with Crippen LogP contribution in [-0.4, -0.2) is 36.2 Å². The van der Waals surface area contributed by atoms with Gasteiger partial charge in [-0.15, -0.1) is 0 Å². The smallest absolute Gasteiger partial charge is 0.329 e. The molecule has 0 saturated carbocycles. The van der Waals surface area contributed by atoms with E-state index >= 15 is 0 Å². The number of hydrogen-bond acceptors (Lipinski definition) is 4. The Morgan fingerprint density at radius 3 is 2.76 bits per heavy atom. The van der Waals surface area contributed by atoms with Crippen LogP contribution in [0.1, 0.15) is 5.56 Å². The maximum atomic E-state index is 12.6. The van der Waals surface area contributed by atoms with Crippen molar-refractivity contribution in [2.24, 2.45) is 0 Å². The lowest BCUT2D eigenvalue weighted by Crippen LogP contribution is -2.32. The number of pyridine rings is 2. The molecule has 2 aromatic rings. The van der Waals surface area contributed by atoms with Crippen LogP contribution in [0.5, 0.6) is 5.88 Å². The highest BCUT2D eigenvalue weighted by atomic mass is 16.5. The molecule has 21 heavy (non-hydrogen) atoms. The Bertz CT molecular complexity index is 674. The molecule has 0 aliphatic carbocycles. The molecule has 1 aliphatic rings. The molecule has 1 aliphatic heterocycles. The summed E-state index contributed by atoms with van der Waals surface area (Å²) >= 11 is 0. The number of rotatable bonds is 3. The summed E-state index contributed by atoms with van der Waals surface area (Å²) in [5, 5.41) is 0. The first-order valence-electron chi connectivity index (χ1n) is 6.70. The SMILES string of the molecule is COc1cc(N2CCN(c3cnccc3C)C2=O)ccn1. The second kappa shape index (κ2) is 5.40. The first-order chi connectivity index (χ1) is 10.2. The number of methoxy groups -OCH3 is 1. The van der Waals surface area contributed by atoms with E-state index < -0.39 is 0 Å². The molecular weight excluding hydrogens is 268 g/mol. The topological polar surface area (TPSA) is 58.6 Å². The van der Waals surface area contributed by atoms with E-state index in [0.29, 0.717) is 19.0 Å². The van der Waals surface area contributed by atoms with E-state index in [1.165, 1.54) is 0 Å². The second-order valence-corrected chi connectivity index (χ2v) is 4.80. The van der Waals surface area contributed by atoms with Gasteiger partial charge in [0.1, 0.15) is 0 Å². The van der Waals surface area contributed by atoms with Crippen molar-refractivity contribution in [1.82, 2.24) is 9.97 Å². The fraction of sp³-hybridized carbons (Fsp3) is 0.267. The lowest BCUT2D eigenvalue weighted by atomic mass is 10.2. The third kappa shape index (κ3) is 2.40. The third-order valence-electron chi connectivity index (χ3n) is 3.55. The van der Waals surface area contributed by atoms with E-state index in [4.69, 9.17) is 4.74 Å². The largest absolute Gasteiger partial charge is 0.481 e. The predicted molar refractivity (Wildman–Crippen MR) is 79.9 cm³/mol. The summed E-state index contributed by atoms with van der Waals surface area (Å²) in [6.07, 6.45) is 5.09. The second-order valence-electron chi connectivity index (χ2n) is 4.80. The molecule has 108 valence electrons. The summed E-state index contributed by atoms with van der Waals surface area (Å²) in [7, 11) is 1.56. The van der Waals surface area contributed by atoms with Crippen molar-refractivity contribution in [3.8, 4) is 5.88 Å². The molecule has 2 amide bonds. The molecule has 0 atom stereocenters. The molecular formula is C15H16N4O2. The number of amides is 2. The van der Waals surface area contributed by atoms with Gasteiger partial charge in [-0.1, -0.05) is 0 Å². The monoisotopic (exact) mass is 284 g/mol. The molecule has 2 aromatic heterocycles. The normalized spacial score (nSPS) is 14.7. The summed E-state index contributed by atoms with van der Waals surface area (Å²) in [5.74, 6) is 0.497. The number of carbonyl (C=O) groups excluding carboxylic acids is 1. The average Bonchev–Trinajstić information content (AvgIpc) is 2.89. The summed E-state index contributed by atoms with van der Waals surface area (Å²) in [6, 6.07) is 5.41. The Hall–Kier alpha value is -2.63. The first kappa shape index (κ1) is 13.4. The summed E-state index contributed by atoms with van der Waals surface area (Å²) in [4.78, 5) is 24.3. The van der Waals surface area contributed by atoms with Crippen LogP contribution in [0.25, 0.3) is 0 Å². The van der Waals surface area contributed by atoms with E-state index in [9.17, 15) is 4.79 Å². The lowest BCUT2D eigenvalue weighted by molar-refractivity contribution is 0.256. The van der Waals surface area contributed by atoms with Gasteiger partial charge in [0.05, 0.1) is 24.7 Å². The minimum atomic E-state index is -0.0562. The zero-order valence-electron chi connectivity index (χ0n) is 12.0. The van der Waals surface area contributed by atoms with Gasteiger partial charge in [0.15, 0.2) is 0 Å². The molecule has 0 unspecified atom stereocenters. The Balaban J connectivity index is 1.88. The van der Waals surface area contributed by atoms with Crippen LogP contribution in [0.3, 0.4) is 0 Å². The van der Waals surface area contributed by atoms with E-state index in [0.717, 1.165) is 16.9 Å². The zero-order chi connectivity index (χ0) is 14.8. The molecule has 0 bridgehead atoms. The molecule has 6 heteroatoms. The Labute approximate surface area is 123 Å². The van der Waals surface area contributed by atoms with Crippen LogP contribution in [0.2, 0.25) is 0 Å². The van der Waals surface area contributed by atoms with Crippen molar-refractivity contribution in [2.45, 2.75) is 6.92 Å². The van der Waals surface area contributed by atoms with Crippen molar-refractivity contribution < 1.29 is 9.53 Å². The third-order valence-corrected chi connectivity index (χ3v) is 3.55. The maximum Gasteiger partial charge on any atom is 0.329 e. The van der Waals surface area contributed by atoms with E-state index in [1.807, 2.05) is 13.0 Å². The molecule has 1 saturated heterocycles. The molecule has 0 N–H and O–H groups in total. The highest BCUT2D eigenvalue weighted by Crippen LogP contribution is 2.27. The fourth-order valence-electron chi connectivity index (χ4n) is 2.42. The van der Waals surface area contributed by atoms with Gasteiger partial charge in [0, 0.05) is 31.5 Å². The molecule has 0 aromatic carbocycles. The van der Waals surface area contributed by atoms with Crippen molar-refractivity contribution in [3.63, 3.8) is 0 Å². The van der Waals surface area contributed by atoms with Gasteiger partial charge in [-0.05, 0) is 24.6 Å². The number of hydrogen-bond donors (Lipinski definition) is 0. The van der Waals surface area contributed by atoms with Gasteiger partial charge in [-0.25, -0.2) is 9.78 Å². The molecule has 6 nitrogen and oxygen atoms in total. The summed E-state index contributed by atoms with van der Waals surface area (Å²) in [6.45, 7) is 3.23. The fourth-order valence-corrected chi connectivity index (χ4v) is 2.42. The van der Waals surface area contributed by atoms with Crippen molar-refractivity contribution in [2.75, 3.05) is 30.0 Å². The van der Waals surface area contributed by atoms with Crippen LogP contribution < -0.4 is 14.5 Å².